The van der Waals surface area contributed by atoms with Crippen molar-refractivity contribution in [2.24, 2.45) is 0 Å². The maximum atomic E-state index is 12.4. The molecule has 0 saturated carbocycles. The molecular weight excluding hydrogens is 292 g/mol. The zero-order chi connectivity index (χ0) is 14.0. The zero-order valence-corrected chi connectivity index (χ0v) is 14.1. The van der Waals surface area contributed by atoms with Crippen molar-refractivity contribution in [1.82, 2.24) is 9.55 Å². The van der Waals surface area contributed by atoms with Crippen molar-refractivity contribution in [3.05, 3.63) is 34.5 Å². The average molecular weight is 311 g/mol. The Labute approximate surface area is 122 Å². The fourth-order valence-corrected chi connectivity index (χ4v) is 5.14. The SMILES string of the molecule is C=CCn1c(SC[Si](C)(C)C)nc2sccc2c1=O. The van der Waals surface area contributed by atoms with Crippen LogP contribution in [-0.2, 0) is 6.54 Å². The molecule has 0 radical (unpaired) electrons. The van der Waals surface area contributed by atoms with Gasteiger partial charge in [-0.3, -0.25) is 9.36 Å². The van der Waals surface area contributed by atoms with Crippen LogP contribution in [0.5, 0.6) is 0 Å². The van der Waals surface area contributed by atoms with Crippen molar-refractivity contribution in [2.75, 3.05) is 5.38 Å². The van der Waals surface area contributed by atoms with Crippen molar-refractivity contribution in [3.8, 4) is 0 Å². The number of rotatable bonds is 5. The highest BCUT2D eigenvalue weighted by Crippen LogP contribution is 2.23. The molecule has 0 aliphatic carbocycles. The summed E-state index contributed by atoms with van der Waals surface area (Å²) in [7, 11) is -1.17. The largest absolute Gasteiger partial charge is 0.283 e. The van der Waals surface area contributed by atoms with E-state index in [2.05, 4.69) is 31.2 Å². The first-order valence-corrected chi connectivity index (χ1v) is 11.7. The molecule has 0 spiro atoms. The van der Waals surface area contributed by atoms with Gasteiger partial charge in [-0.2, -0.15) is 0 Å². The summed E-state index contributed by atoms with van der Waals surface area (Å²) in [5, 5.41) is 4.52. The molecule has 2 aromatic rings. The fourth-order valence-electron chi connectivity index (χ4n) is 1.61. The van der Waals surface area contributed by atoms with Crippen molar-refractivity contribution in [1.29, 1.82) is 0 Å². The van der Waals surface area contributed by atoms with Gasteiger partial charge in [-0.25, -0.2) is 4.98 Å². The van der Waals surface area contributed by atoms with Gasteiger partial charge in [0, 0.05) is 6.54 Å². The summed E-state index contributed by atoms with van der Waals surface area (Å²) >= 11 is 3.22. The van der Waals surface area contributed by atoms with E-state index < -0.39 is 8.07 Å². The monoisotopic (exact) mass is 310 g/mol. The molecule has 0 aliphatic rings. The van der Waals surface area contributed by atoms with E-state index in [1.165, 1.54) is 11.3 Å². The lowest BCUT2D eigenvalue weighted by molar-refractivity contribution is 0.673. The van der Waals surface area contributed by atoms with E-state index in [9.17, 15) is 4.79 Å². The normalized spacial score (nSPS) is 11.9. The van der Waals surface area contributed by atoms with Gasteiger partial charge < -0.3 is 0 Å². The van der Waals surface area contributed by atoms with Crippen LogP contribution in [0.25, 0.3) is 10.2 Å². The summed E-state index contributed by atoms with van der Waals surface area (Å²) in [6, 6.07) is 1.85. The second kappa shape index (κ2) is 5.64. The molecule has 2 rings (SSSR count). The maximum absolute atomic E-state index is 12.4. The molecule has 102 valence electrons. The second-order valence-corrected chi connectivity index (χ2v) is 13.4. The quantitative estimate of drug-likeness (QED) is 0.366. The van der Waals surface area contributed by atoms with Gasteiger partial charge in [0.05, 0.1) is 13.5 Å². The number of hydrogen-bond acceptors (Lipinski definition) is 4. The third kappa shape index (κ3) is 3.37. The zero-order valence-electron chi connectivity index (χ0n) is 11.5. The van der Waals surface area contributed by atoms with Crippen LogP contribution < -0.4 is 5.56 Å². The third-order valence-electron chi connectivity index (χ3n) is 2.49. The molecule has 0 atom stereocenters. The lowest BCUT2D eigenvalue weighted by Gasteiger charge is -2.16. The topological polar surface area (TPSA) is 34.9 Å². The first-order valence-electron chi connectivity index (χ1n) is 6.14. The standard InChI is InChI=1S/C13H18N2OS2Si/c1-5-7-15-12(16)10-6-8-17-11(10)14-13(15)18-9-19(2,3)4/h5-6,8H,1,7,9H2,2-4H3. The summed E-state index contributed by atoms with van der Waals surface area (Å²) in [6.45, 7) is 11.2. The van der Waals surface area contributed by atoms with E-state index in [1.54, 1.807) is 22.4 Å². The van der Waals surface area contributed by atoms with Gasteiger partial charge in [0.15, 0.2) is 5.16 Å². The molecular formula is C13H18N2OS2Si. The molecule has 2 aromatic heterocycles. The number of fused-ring (bicyclic) bond motifs is 1. The minimum absolute atomic E-state index is 0.0456. The van der Waals surface area contributed by atoms with Crippen LogP contribution in [0.4, 0.5) is 0 Å². The van der Waals surface area contributed by atoms with Crippen LogP contribution in [0.15, 0.2) is 34.1 Å². The second-order valence-electron chi connectivity index (χ2n) is 5.59. The Kier molecular flexibility index (Phi) is 4.32. The predicted molar refractivity (Wildman–Crippen MR) is 88.1 cm³/mol. The lowest BCUT2D eigenvalue weighted by Crippen LogP contribution is -2.26. The Hall–Kier alpha value is -0.853. The van der Waals surface area contributed by atoms with E-state index >= 15 is 0 Å². The Morgan fingerprint density at radius 2 is 2.26 bits per heavy atom. The summed E-state index contributed by atoms with van der Waals surface area (Å²) in [5.41, 5.74) is 0.0456. The van der Waals surface area contributed by atoms with Gasteiger partial charge in [-0.05, 0) is 16.8 Å². The van der Waals surface area contributed by atoms with E-state index in [4.69, 9.17) is 0 Å². The molecule has 3 nitrogen and oxygen atoms in total. The van der Waals surface area contributed by atoms with Gasteiger partial charge >= 0.3 is 0 Å². The summed E-state index contributed by atoms with van der Waals surface area (Å²) < 4.78 is 1.73. The molecule has 6 heteroatoms. The average Bonchev–Trinajstić information content (AvgIpc) is 2.78. The number of thioether (sulfide) groups is 1. The Morgan fingerprint density at radius 1 is 1.53 bits per heavy atom. The van der Waals surface area contributed by atoms with Crippen LogP contribution in [0.2, 0.25) is 19.6 Å². The molecule has 0 N–H and O–H groups in total. The van der Waals surface area contributed by atoms with Crippen LogP contribution in [-0.4, -0.2) is 23.0 Å². The summed E-state index contributed by atoms with van der Waals surface area (Å²) in [5.74, 6) is 0. The molecule has 0 unspecified atom stereocenters. The molecule has 0 aliphatic heterocycles. The molecule has 0 bridgehead atoms. The van der Waals surface area contributed by atoms with Crippen molar-refractivity contribution >= 4 is 41.4 Å². The fraction of sp³-hybridized carbons (Fsp3) is 0.385. The highest BCUT2D eigenvalue weighted by atomic mass is 32.2. The number of aromatic nitrogens is 2. The van der Waals surface area contributed by atoms with E-state index in [0.717, 1.165) is 15.4 Å². The van der Waals surface area contributed by atoms with Crippen LogP contribution in [0.1, 0.15) is 0 Å². The maximum Gasteiger partial charge on any atom is 0.263 e. The van der Waals surface area contributed by atoms with Crippen LogP contribution in [0.3, 0.4) is 0 Å². The van der Waals surface area contributed by atoms with Gasteiger partial charge in [-0.1, -0.05) is 37.5 Å². The van der Waals surface area contributed by atoms with E-state index in [0.29, 0.717) is 11.9 Å². The van der Waals surface area contributed by atoms with E-state index in [1.807, 2.05) is 11.4 Å². The summed E-state index contributed by atoms with van der Waals surface area (Å²) in [6.07, 6.45) is 1.75. The number of allylic oxidation sites excluding steroid dienone is 1. The van der Waals surface area contributed by atoms with Crippen LogP contribution >= 0.6 is 23.1 Å². The van der Waals surface area contributed by atoms with Crippen LogP contribution in [0, 0.1) is 0 Å². The highest BCUT2D eigenvalue weighted by molar-refractivity contribution is 8.00. The highest BCUT2D eigenvalue weighted by Gasteiger charge is 2.17. The van der Waals surface area contributed by atoms with Crippen molar-refractivity contribution < 1.29 is 0 Å². The van der Waals surface area contributed by atoms with Gasteiger partial charge in [0.2, 0.25) is 0 Å². The van der Waals surface area contributed by atoms with Gasteiger partial charge in [-0.15, -0.1) is 17.9 Å². The molecule has 19 heavy (non-hydrogen) atoms. The predicted octanol–water partition coefficient (Wildman–Crippen LogP) is 3.61. The Bertz CT molecular complexity index is 655. The Balaban J connectivity index is 2.48. The molecule has 0 aromatic carbocycles. The molecule has 0 fully saturated rings. The van der Waals surface area contributed by atoms with E-state index in [-0.39, 0.29) is 5.56 Å². The molecule has 0 saturated heterocycles. The first kappa shape index (κ1) is 14.6. The van der Waals surface area contributed by atoms with Crippen molar-refractivity contribution in [2.45, 2.75) is 31.3 Å². The first-order chi connectivity index (χ1) is 8.92. The Morgan fingerprint density at radius 3 is 2.89 bits per heavy atom. The van der Waals surface area contributed by atoms with Gasteiger partial charge in [0.1, 0.15) is 4.83 Å². The number of thiophene rings is 1. The lowest BCUT2D eigenvalue weighted by atomic mass is 10.4. The number of hydrogen-bond donors (Lipinski definition) is 0. The van der Waals surface area contributed by atoms with Gasteiger partial charge in [0.25, 0.3) is 5.56 Å². The summed E-state index contributed by atoms with van der Waals surface area (Å²) in [4.78, 5) is 17.9. The molecule has 2 heterocycles. The third-order valence-corrected chi connectivity index (χ3v) is 7.91. The smallest absolute Gasteiger partial charge is 0.263 e. The number of nitrogens with zero attached hydrogens (tertiary/aromatic N) is 2. The minimum Gasteiger partial charge on any atom is -0.283 e. The van der Waals surface area contributed by atoms with Crippen molar-refractivity contribution in [3.63, 3.8) is 0 Å². The minimum atomic E-state index is -1.17. The molecule has 0 amide bonds.